The minimum absolute atomic E-state index is 0.128. The number of halogens is 1. The molecule has 0 radical (unpaired) electrons. The fourth-order valence-corrected chi connectivity index (χ4v) is 1.42. The molecule has 1 rings (SSSR count). The van der Waals surface area contributed by atoms with Crippen LogP contribution in [0.5, 0.6) is 0 Å². The average Bonchev–Trinajstić information content (AvgIpc) is 2.38. The van der Waals surface area contributed by atoms with Crippen LogP contribution in [0.3, 0.4) is 0 Å². The number of carbonyl (C=O) groups excluding carboxylic acids is 2. The number of hydrogen-bond donors (Lipinski definition) is 3. The predicted molar refractivity (Wildman–Crippen MR) is 71.1 cm³/mol. The second-order valence-electron chi connectivity index (χ2n) is 3.55. The van der Waals surface area contributed by atoms with Gasteiger partial charge in [-0.3, -0.25) is 9.59 Å². The molecule has 0 aliphatic heterocycles. The van der Waals surface area contributed by atoms with Crippen molar-refractivity contribution in [3.05, 3.63) is 22.8 Å². The first kappa shape index (κ1) is 15.2. The fourth-order valence-electron chi connectivity index (χ4n) is 1.23. The van der Waals surface area contributed by atoms with Crippen molar-refractivity contribution in [2.45, 2.75) is 0 Å². The van der Waals surface area contributed by atoms with Gasteiger partial charge in [0.05, 0.1) is 11.6 Å². The van der Waals surface area contributed by atoms with Crippen LogP contribution in [0.15, 0.2) is 12.1 Å². The summed E-state index contributed by atoms with van der Waals surface area (Å²) in [7, 11) is 1.69. The van der Waals surface area contributed by atoms with Gasteiger partial charge >= 0.3 is 0 Å². The molecule has 19 heavy (non-hydrogen) atoms. The summed E-state index contributed by atoms with van der Waals surface area (Å²) in [4.78, 5) is 26.3. The Morgan fingerprint density at radius 3 is 2.84 bits per heavy atom. The molecule has 0 aliphatic carbocycles. The van der Waals surface area contributed by atoms with Crippen LogP contribution < -0.4 is 16.4 Å². The van der Waals surface area contributed by atoms with Crippen molar-refractivity contribution in [1.29, 1.82) is 0 Å². The molecule has 1 aromatic heterocycles. The molecular weight excluding hydrogens is 272 g/mol. The lowest BCUT2D eigenvalue weighted by molar-refractivity contribution is -0.122. The maximum Gasteiger partial charge on any atom is 0.271 e. The van der Waals surface area contributed by atoms with Gasteiger partial charge in [0.1, 0.15) is 18.1 Å². The number of aromatic nitrogens is 1. The van der Waals surface area contributed by atoms with E-state index in [0.29, 0.717) is 5.82 Å². The summed E-state index contributed by atoms with van der Waals surface area (Å²) in [6.45, 7) is 0.232. The number of pyridine rings is 1. The lowest BCUT2D eigenvalue weighted by Gasteiger charge is -2.07. The molecule has 104 valence electrons. The van der Waals surface area contributed by atoms with Gasteiger partial charge < -0.3 is 21.1 Å². The number of nitrogens with zero attached hydrogens (tertiary/aromatic N) is 1. The summed E-state index contributed by atoms with van der Waals surface area (Å²) in [5.41, 5.74) is 5.02. The minimum Gasteiger partial charge on any atom is -0.373 e. The Morgan fingerprint density at radius 1 is 1.47 bits per heavy atom. The third kappa shape index (κ3) is 5.11. The lowest BCUT2D eigenvalue weighted by atomic mass is 10.3. The molecule has 2 amide bonds. The summed E-state index contributed by atoms with van der Waals surface area (Å²) in [6.07, 6.45) is 0. The number of nitrogens with one attached hydrogen (secondary N) is 2. The number of hydrogen-bond acceptors (Lipinski definition) is 5. The zero-order valence-electron chi connectivity index (χ0n) is 10.4. The van der Waals surface area contributed by atoms with E-state index in [-0.39, 0.29) is 30.5 Å². The van der Waals surface area contributed by atoms with Crippen molar-refractivity contribution in [2.24, 2.45) is 5.73 Å². The highest BCUT2D eigenvalue weighted by Gasteiger charge is 2.12. The minimum atomic E-state index is -0.558. The molecule has 4 N–H and O–H groups in total. The molecule has 0 bridgehead atoms. The van der Waals surface area contributed by atoms with E-state index in [0.717, 1.165) is 0 Å². The summed E-state index contributed by atoms with van der Waals surface area (Å²) in [5, 5.41) is 5.65. The number of ether oxygens (including phenoxy) is 1. The Bertz CT molecular complexity index is 467. The molecule has 1 aromatic rings. The maximum absolute atomic E-state index is 11.8. The van der Waals surface area contributed by atoms with Gasteiger partial charge in [-0.2, -0.15) is 0 Å². The molecular formula is C11H15ClN4O3. The molecule has 0 spiro atoms. The molecule has 0 saturated heterocycles. The smallest absolute Gasteiger partial charge is 0.271 e. The van der Waals surface area contributed by atoms with Crippen LogP contribution in [0.25, 0.3) is 0 Å². The largest absolute Gasteiger partial charge is 0.373 e. The van der Waals surface area contributed by atoms with Crippen LogP contribution >= 0.6 is 11.6 Å². The Morgan fingerprint density at radius 2 is 2.21 bits per heavy atom. The number of carbonyl (C=O) groups is 2. The highest BCUT2D eigenvalue weighted by atomic mass is 35.5. The highest BCUT2D eigenvalue weighted by Crippen LogP contribution is 2.16. The monoisotopic (exact) mass is 286 g/mol. The molecule has 8 heteroatoms. The van der Waals surface area contributed by atoms with E-state index >= 15 is 0 Å². The van der Waals surface area contributed by atoms with Gasteiger partial charge in [-0.15, -0.1) is 0 Å². The van der Waals surface area contributed by atoms with Crippen LogP contribution in [-0.2, 0) is 9.53 Å². The van der Waals surface area contributed by atoms with Gasteiger partial charge in [-0.05, 0) is 12.1 Å². The van der Waals surface area contributed by atoms with Gasteiger partial charge in [0.2, 0.25) is 5.91 Å². The molecule has 1 heterocycles. The number of anilines is 1. The average molecular weight is 287 g/mol. The van der Waals surface area contributed by atoms with Crippen LogP contribution in [0.4, 0.5) is 5.82 Å². The summed E-state index contributed by atoms with van der Waals surface area (Å²) < 4.78 is 4.90. The van der Waals surface area contributed by atoms with E-state index in [1.54, 1.807) is 19.2 Å². The van der Waals surface area contributed by atoms with Gasteiger partial charge in [0, 0.05) is 13.6 Å². The van der Waals surface area contributed by atoms with E-state index in [9.17, 15) is 9.59 Å². The quantitative estimate of drug-likeness (QED) is 0.612. The number of nitrogens with two attached hydrogens (primary N) is 1. The Balaban J connectivity index is 2.47. The van der Waals surface area contributed by atoms with E-state index in [1.165, 1.54) is 0 Å². The van der Waals surface area contributed by atoms with Crippen LogP contribution in [0.1, 0.15) is 10.5 Å². The predicted octanol–water partition coefficient (Wildman–Crippen LogP) is 0.00840. The van der Waals surface area contributed by atoms with E-state index in [4.69, 9.17) is 22.1 Å². The molecule has 0 aliphatic rings. The van der Waals surface area contributed by atoms with E-state index in [1.807, 2.05) is 0 Å². The molecule has 0 aromatic carbocycles. The molecule has 7 nitrogen and oxygen atoms in total. The zero-order valence-corrected chi connectivity index (χ0v) is 11.2. The summed E-state index contributed by atoms with van der Waals surface area (Å²) >= 11 is 5.89. The van der Waals surface area contributed by atoms with Crippen molar-refractivity contribution in [3.8, 4) is 0 Å². The first-order valence-corrected chi connectivity index (χ1v) is 5.91. The second kappa shape index (κ2) is 7.55. The van der Waals surface area contributed by atoms with Crippen molar-refractivity contribution in [3.63, 3.8) is 0 Å². The first-order chi connectivity index (χ1) is 9.04. The second-order valence-corrected chi connectivity index (χ2v) is 3.96. The molecule has 0 fully saturated rings. The third-order valence-electron chi connectivity index (χ3n) is 2.09. The van der Waals surface area contributed by atoms with Gasteiger partial charge in [0.25, 0.3) is 5.91 Å². The van der Waals surface area contributed by atoms with Crippen LogP contribution in [0.2, 0.25) is 5.02 Å². The Hall–Kier alpha value is -1.86. The normalized spacial score (nSPS) is 10.0. The molecule has 0 unspecified atom stereocenters. The Kier molecular flexibility index (Phi) is 6.04. The molecule has 0 atom stereocenters. The number of primary amides is 1. The fraction of sp³-hybridized carbons (Fsp3) is 0.364. The van der Waals surface area contributed by atoms with Crippen molar-refractivity contribution < 1.29 is 14.3 Å². The standard InChI is InChI=1S/C11H15ClN4O3/c1-14-9-3-2-7(12)10(16-9)11(18)15-4-5-19-6-8(13)17/h2-3H,4-6H2,1H3,(H2,13,17)(H,14,16)(H,15,18). The van der Waals surface area contributed by atoms with Crippen LogP contribution in [0, 0.1) is 0 Å². The van der Waals surface area contributed by atoms with E-state index < -0.39 is 11.8 Å². The Labute approximate surface area is 115 Å². The zero-order chi connectivity index (χ0) is 14.3. The number of rotatable bonds is 7. The first-order valence-electron chi connectivity index (χ1n) is 5.53. The van der Waals surface area contributed by atoms with Crippen LogP contribution in [-0.4, -0.2) is 43.6 Å². The lowest BCUT2D eigenvalue weighted by Crippen LogP contribution is -2.29. The van der Waals surface area contributed by atoms with Gasteiger partial charge in [-0.25, -0.2) is 4.98 Å². The van der Waals surface area contributed by atoms with Crippen molar-refractivity contribution in [2.75, 3.05) is 32.1 Å². The highest BCUT2D eigenvalue weighted by molar-refractivity contribution is 6.33. The maximum atomic E-state index is 11.8. The molecule has 0 saturated carbocycles. The topological polar surface area (TPSA) is 106 Å². The van der Waals surface area contributed by atoms with Gasteiger partial charge in [0.15, 0.2) is 0 Å². The summed E-state index contributed by atoms with van der Waals surface area (Å²) in [5.74, 6) is -0.429. The van der Waals surface area contributed by atoms with Crippen molar-refractivity contribution in [1.82, 2.24) is 10.3 Å². The van der Waals surface area contributed by atoms with Crippen molar-refractivity contribution >= 4 is 29.2 Å². The van der Waals surface area contributed by atoms with E-state index in [2.05, 4.69) is 15.6 Å². The van der Waals surface area contributed by atoms with Gasteiger partial charge in [-0.1, -0.05) is 11.6 Å². The number of amides is 2. The SMILES string of the molecule is CNc1ccc(Cl)c(C(=O)NCCOCC(N)=O)n1. The summed E-state index contributed by atoms with van der Waals surface area (Å²) in [6, 6.07) is 3.24. The third-order valence-corrected chi connectivity index (χ3v) is 2.40.